The van der Waals surface area contributed by atoms with Crippen molar-refractivity contribution in [2.75, 3.05) is 9.80 Å². The van der Waals surface area contributed by atoms with Gasteiger partial charge in [0.15, 0.2) is 0 Å². The number of fused-ring (bicyclic) bond motifs is 6. The molecule has 58 heavy (non-hydrogen) atoms. The highest BCUT2D eigenvalue weighted by Gasteiger charge is 2.25. The predicted molar refractivity (Wildman–Crippen MR) is 244 cm³/mol. The van der Waals surface area contributed by atoms with Crippen molar-refractivity contribution >= 4 is 77.7 Å². The Balaban J connectivity index is 1.27. The lowest BCUT2D eigenvalue weighted by Gasteiger charge is -2.26. The first kappa shape index (κ1) is 33.5. The molecule has 0 amide bonds. The van der Waals surface area contributed by atoms with Crippen molar-refractivity contribution in [3.63, 3.8) is 0 Å². The number of rotatable bonds is 8. The summed E-state index contributed by atoms with van der Waals surface area (Å²) >= 11 is 0. The minimum atomic E-state index is 1.09. The fourth-order valence-electron chi connectivity index (χ4n) is 8.68. The molecular weight excluding hydrogens is 705 g/mol. The minimum absolute atomic E-state index is 1.09. The Morgan fingerprint density at radius 3 is 1.09 bits per heavy atom. The zero-order chi connectivity index (χ0) is 38.4. The molecule has 0 aliphatic heterocycles. The van der Waals surface area contributed by atoms with E-state index in [4.69, 9.17) is 0 Å². The fraction of sp³-hybridized carbons (Fsp3) is 0. The Morgan fingerprint density at radius 2 is 0.638 bits per heavy atom. The highest BCUT2D eigenvalue weighted by molar-refractivity contribution is 6.21. The summed E-state index contributed by atoms with van der Waals surface area (Å²) in [6, 6.07) is 82.8. The number of hydrogen-bond acceptors (Lipinski definition) is 2. The van der Waals surface area contributed by atoms with E-state index in [9.17, 15) is 0 Å². The van der Waals surface area contributed by atoms with Crippen LogP contribution in [0.3, 0.4) is 0 Å². The summed E-state index contributed by atoms with van der Waals surface area (Å²) in [5.41, 5.74) is 13.4. The van der Waals surface area contributed by atoms with Crippen LogP contribution in [0.25, 0.3) is 55.0 Å². The smallest absolute Gasteiger partial charge is 0.0804 e. The van der Waals surface area contributed by atoms with Crippen LogP contribution >= 0.6 is 0 Å². The van der Waals surface area contributed by atoms with Crippen LogP contribution in [0, 0.1) is 0 Å². The molecule has 2 heterocycles. The van der Waals surface area contributed by atoms with E-state index in [-0.39, 0.29) is 0 Å². The Hall–Kier alpha value is -7.82. The van der Waals surface area contributed by atoms with Gasteiger partial charge in [-0.25, -0.2) is 0 Å². The summed E-state index contributed by atoms with van der Waals surface area (Å²) in [4.78, 5) is 4.70. The largest absolute Gasteiger partial charge is 0.310 e. The molecule has 0 bridgehead atoms. The number of benzene rings is 9. The van der Waals surface area contributed by atoms with Gasteiger partial charge in [-0.05, 0) is 120 Å². The van der Waals surface area contributed by atoms with E-state index >= 15 is 0 Å². The van der Waals surface area contributed by atoms with Crippen molar-refractivity contribution in [3.05, 3.63) is 231 Å². The van der Waals surface area contributed by atoms with Crippen LogP contribution in [0.15, 0.2) is 231 Å². The highest BCUT2D eigenvalue weighted by atomic mass is 15.2. The predicted octanol–water partition coefficient (Wildman–Crippen LogP) is 14.8. The van der Waals surface area contributed by atoms with Crippen LogP contribution in [0.2, 0.25) is 0 Å². The molecule has 11 aromatic rings. The Morgan fingerprint density at radius 1 is 0.259 bits per heavy atom. The van der Waals surface area contributed by atoms with Crippen molar-refractivity contribution in [2.45, 2.75) is 0 Å². The standard InChI is InChI=1S/C54H38N4/c1-6-20-41(21-7-1)55(42-22-8-2-9-23-42)47-32-34-51-49(37-47)54-53(57(51)45-28-14-5-15-29-45)50-38-48(56(43-24-10-3-11-25-43)44-26-12-4-13-27-44)33-35-52(50)58(54)46-31-30-39-18-16-17-19-40(39)36-46/h1-38H. The SMILES string of the molecule is c1ccc(N(c2ccccc2)c2ccc3c(c2)c2c(c4cc(N(c5ccccc5)c5ccccc5)ccc4n2-c2ccccc2)n3-c2ccc3ccccc3c2)cc1. The van der Waals surface area contributed by atoms with Gasteiger partial charge in [-0.15, -0.1) is 0 Å². The van der Waals surface area contributed by atoms with E-state index in [1.807, 2.05) is 0 Å². The fourth-order valence-corrected chi connectivity index (χ4v) is 8.68. The molecule has 0 unspecified atom stereocenters. The Labute approximate surface area is 337 Å². The molecule has 0 fully saturated rings. The molecule has 0 saturated carbocycles. The maximum Gasteiger partial charge on any atom is 0.0804 e. The van der Waals surface area contributed by atoms with E-state index in [1.54, 1.807) is 0 Å². The van der Waals surface area contributed by atoms with Gasteiger partial charge in [0.25, 0.3) is 0 Å². The summed E-state index contributed by atoms with van der Waals surface area (Å²) in [6.45, 7) is 0. The first-order valence-corrected chi connectivity index (χ1v) is 19.8. The minimum Gasteiger partial charge on any atom is -0.310 e. The van der Waals surface area contributed by atoms with Gasteiger partial charge in [0.05, 0.1) is 22.1 Å². The number of aromatic nitrogens is 2. The summed E-state index contributed by atoms with van der Waals surface area (Å²) in [5.74, 6) is 0. The van der Waals surface area contributed by atoms with Gasteiger partial charge in [-0.2, -0.15) is 0 Å². The molecular formula is C54H38N4. The van der Waals surface area contributed by atoms with E-state index < -0.39 is 0 Å². The average Bonchev–Trinajstić information content (AvgIpc) is 3.80. The monoisotopic (exact) mass is 742 g/mol. The number of anilines is 6. The number of hydrogen-bond donors (Lipinski definition) is 0. The molecule has 0 N–H and O–H groups in total. The van der Waals surface area contributed by atoms with Crippen LogP contribution in [0.5, 0.6) is 0 Å². The van der Waals surface area contributed by atoms with Gasteiger partial charge in [-0.1, -0.05) is 121 Å². The molecule has 0 radical (unpaired) electrons. The second-order valence-electron chi connectivity index (χ2n) is 14.7. The third kappa shape index (κ3) is 5.62. The molecule has 2 aromatic heterocycles. The number of para-hydroxylation sites is 5. The third-order valence-electron chi connectivity index (χ3n) is 11.2. The van der Waals surface area contributed by atoms with E-state index in [0.29, 0.717) is 0 Å². The first-order valence-electron chi connectivity index (χ1n) is 19.8. The van der Waals surface area contributed by atoms with Crippen LogP contribution in [0.4, 0.5) is 34.1 Å². The molecule has 0 spiro atoms. The van der Waals surface area contributed by atoms with E-state index in [2.05, 4.69) is 249 Å². The van der Waals surface area contributed by atoms with Crippen molar-refractivity contribution in [2.24, 2.45) is 0 Å². The summed E-state index contributed by atoms with van der Waals surface area (Å²) in [6.07, 6.45) is 0. The quantitative estimate of drug-likeness (QED) is 0.154. The zero-order valence-electron chi connectivity index (χ0n) is 31.7. The lowest BCUT2D eigenvalue weighted by atomic mass is 10.1. The van der Waals surface area contributed by atoms with Gasteiger partial charge in [0.2, 0.25) is 0 Å². The highest BCUT2D eigenvalue weighted by Crippen LogP contribution is 2.46. The second-order valence-corrected chi connectivity index (χ2v) is 14.7. The molecule has 0 atom stereocenters. The summed E-state index contributed by atoms with van der Waals surface area (Å²) in [5, 5.41) is 4.76. The molecule has 11 rings (SSSR count). The maximum absolute atomic E-state index is 2.48. The van der Waals surface area contributed by atoms with Crippen LogP contribution < -0.4 is 9.80 Å². The van der Waals surface area contributed by atoms with Crippen LogP contribution in [-0.2, 0) is 0 Å². The Kier molecular flexibility index (Phi) is 8.11. The van der Waals surface area contributed by atoms with Crippen LogP contribution in [-0.4, -0.2) is 9.13 Å². The summed E-state index contributed by atoms with van der Waals surface area (Å²) in [7, 11) is 0. The molecule has 0 aliphatic rings. The molecule has 0 aliphatic carbocycles. The normalized spacial score (nSPS) is 11.4. The molecule has 4 nitrogen and oxygen atoms in total. The topological polar surface area (TPSA) is 16.3 Å². The first-order chi connectivity index (χ1) is 28.8. The van der Waals surface area contributed by atoms with Gasteiger partial charge >= 0.3 is 0 Å². The van der Waals surface area contributed by atoms with Crippen molar-refractivity contribution in [1.29, 1.82) is 0 Å². The van der Waals surface area contributed by atoms with Gasteiger partial charge < -0.3 is 18.9 Å². The average molecular weight is 743 g/mol. The zero-order valence-corrected chi connectivity index (χ0v) is 31.7. The van der Waals surface area contributed by atoms with Gasteiger partial charge in [0.1, 0.15) is 0 Å². The maximum atomic E-state index is 2.48. The van der Waals surface area contributed by atoms with E-state index in [1.165, 1.54) is 21.5 Å². The van der Waals surface area contributed by atoms with Gasteiger partial charge in [-0.3, -0.25) is 0 Å². The third-order valence-corrected chi connectivity index (χ3v) is 11.2. The van der Waals surface area contributed by atoms with Gasteiger partial charge in [0, 0.05) is 56.3 Å². The van der Waals surface area contributed by atoms with Crippen LogP contribution in [0.1, 0.15) is 0 Å². The second kappa shape index (κ2) is 14.0. The molecule has 0 saturated heterocycles. The van der Waals surface area contributed by atoms with E-state index in [0.717, 1.165) is 67.6 Å². The lowest BCUT2D eigenvalue weighted by molar-refractivity contribution is 1.18. The molecule has 274 valence electrons. The van der Waals surface area contributed by atoms with Crippen molar-refractivity contribution in [3.8, 4) is 11.4 Å². The lowest BCUT2D eigenvalue weighted by Crippen LogP contribution is -2.09. The molecule has 4 heteroatoms. The van der Waals surface area contributed by atoms with Crippen molar-refractivity contribution in [1.82, 2.24) is 9.13 Å². The Bertz CT molecular complexity index is 3040. The number of nitrogens with zero attached hydrogens (tertiary/aromatic N) is 4. The molecule has 9 aromatic carbocycles. The summed E-state index contributed by atoms with van der Waals surface area (Å²) < 4.78 is 4.94. The van der Waals surface area contributed by atoms with Crippen molar-refractivity contribution < 1.29 is 0 Å².